The number of carbonyl (C=O) groups is 9. The van der Waals surface area contributed by atoms with Gasteiger partial charge < -0.3 is 68.1 Å². The van der Waals surface area contributed by atoms with E-state index < -0.39 is 136 Å². The van der Waals surface area contributed by atoms with Gasteiger partial charge in [0.1, 0.15) is 30.0 Å². The predicted octanol–water partition coefficient (Wildman–Crippen LogP) is -8.45. The normalized spacial score (nSPS) is 14.1. The number of aliphatic hydroxyl groups excluding tert-OH is 5. The second-order valence-corrected chi connectivity index (χ2v) is 11.7. The molecule has 0 aliphatic rings. The first kappa shape index (κ1) is 48.5. The Labute approximate surface area is 310 Å². The van der Waals surface area contributed by atoms with Gasteiger partial charge in [0.15, 0.2) is 0 Å². The molecule has 0 aromatic heterocycles. The molecule has 0 unspecified atom stereocenters. The van der Waals surface area contributed by atoms with Gasteiger partial charge in [-0.1, -0.05) is 19.7 Å². The number of unbranched alkanes of at least 4 members (excludes halogenated alkanes) is 1. The summed E-state index contributed by atoms with van der Waals surface area (Å²) >= 11 is 3.88. The van der Waals surface area contributed by atoms with E-state index in [1.807, 2.05) is 0 Å². The van der Waals surface area contributed by atoms with E-state index >= 15 is 0 Å². The first-order valence-corrected chi connectivity index (χ1v) is 16.8. The van der Waals surface area contributed by atoms with Crippen LogP contribution in [0.4, 0.5) is 0 Å². The lowest BCUT2D eigenvalue weighted by Crippen LogP contribution is -2.58. The number of hydrogen-bond donors (Lipinski definition) is 15. The number of rotatable bonds is 27. The van der Waals surface area contributed by atoms with E-state index in [1.165, 1.54) is 13.8 Å². The zero-order chi connectivity index (χ0) is 40.5. The third kappa shape index (κ3) is 19.8. The molecule has 6 atom stereocenters. The first-order chi connectivity index (χ1) is 25.1. The van der Waals surface area contributed by atoms with E-state index in [2.05, 4.69) is 60.1 Å². The number of hydrogen-bond acceptors (Lipinski definition) is 16. The highest BCUT2D eigenvalue weighted by Gasteiger charge is 2.29. The molecule has 0 aromatic carbocycles. The number of aliphatic hydroxyl groups is 5. The number of thiol groups is 1. The van der Waals surface area contributed by atoms with Crippen molar-refractivity contribution in [3.63, 3.8) is 0 Å². The van der Waals surface area contributed by atoms with Crippen molar-refractivity contribution < 1.29 is 68.7 Å². The van der Waals surface area contributed by atoms with Crippen molar-refractivity contribution in [3.05, 3.63) is 0 Å². The average molecular weight is 782 g/mol. The third-order valence-electron chi connectivity index (χ3n) is 7.18. The Hall–Kier alpha value is -4.46. The zero-order valence-electron chi connectivity index (χ0n) is 29.3. The molecule has 8 amide bonds. The summed E-state index contributed by atoms with van der Waals surface area (Å²) in [5.74, 6) is -8.37. The maximum Gasteiger partial charge on any atom is 0.245 e. The maximum absolute atomic E-state index is 12.6. The Morgan fingerprint density at radius 1 is 0.491 bits per heavy atom. The molecule has 0 bridgehead atoms. The Balaban J connectivity index is 4.83. The average Bonchev–Trinajstić information content (AvgIpc) is 3.14. The molecule has 0 saturated carbocycles. The number of ketones is 1. The van der Waals surface area contributed by atoms with Gasteiger partial charge in [0.2, 0.25) is 47.3 Å². The molecule has 302 valence electrons. The standard InChI is InChI=1S/C29H51N9O14S/c1-15(10-39)25(48)31-8-23(46)34-20(13-42)28(51)37-19(12-41)27(50)33-9-24(47)35-21(14-43)29(52)36-18(11-40)26(49)32-7-22(45)30-6-4-3-5-17(38-53)16(2)44/h15,17-21,38-43,53H,3-14H2,1-2H3,(H,30,45)(H,31,48)(H,32,49)(H,33,50)(H,34,46)(H,35,47)(H,36,52)(H,37,51)/t15-,17-,18-,19-,20-,21-/m0/s1. The summed E-state index contributed by atoms with van der Waals surface area (Å²) in [7, 11) is 0. The number of Topliss-reactive ketones (excluding diaryl/α,β-unsaturated/α-hetero) is 1. The van der Waals surface area contributed by atoms with Crippen LogP contribution in [0.25, 0.3) is 0 Å². The summed E-state index contributed by atoms with van der Waals surface area (Å²) in [5, 5.41) is 64.6. The van der Waals surface area contributed by atoms with Gasteiger partial charge in [-0.2, -0.15) is 0 Å². The molecule has 0 saturated heterocycles. The summed E-state index contributed by atoms with van der Waals surface area (Å²) in [6.45, 7) is -3.20. The highest BCUT2D eigenvalue weighted by molar-refractivity contribution is 7.78. The number of carbonyl (C=O) groups excluding carboxylic acids is 9. The summed E-state index contributed by atoms with van der Waals surface area (Å²) in [6, 6.07) is -6.98. The molecule has 0 radical (unpaired) electrons. The van der Waals surface area contributed by atoms with Crippen LogP contribution in [0, 0.1) is 5.92 Å². The molecule has 23 nitrogen and oxygen atoms in total. The monoisotopic (exact) mass is 781 g/mol. The minimum absolute atomic E-state index is 0.0794. The molecule has 14 N–H and O–H groups in total. The molecule has 53 heavy (non-hydrogen) atoms. The van der Waals surface area contributed by atoms with Crippen molar-refractivity contribution >= 4 is 65.9 Å². The van der Waals surface area contributed by atoms with Gasteiger partial charge in [-0.05, 0) is 26.2 Å². The van der Waals surface area contributed by atoms with Crippen molar-refractivity contribution in [1.82, 2.24) is 47.3 Å². The van der Waals surface area contributed by atoms with Crippen LogP contribution in [-0.2, 0) is 43.2 Å². The molecular formula is C29H51N9O14S. The molecular weight excluding hydrogens is 730 g/mol. The molecule has 0 spiro atoms. The van der Waals surface area contributed by atoms with E-state index in [9.17, 15) is 63.6 Å². The van der Waals surface area contributed by atoms with Gasteiger partial charge in [0.05, 0.1) is 64.6 Å². The van der Waals surface area contributed by atoms with Crippen LogP contribution < -0.4 is 47.3 Å². The quantitative estimate of drug-likeness (QED) is 0.0272. The van der Waals surface area contributed by atoms with Crippen LogP contribution >= 0.6 is 12.8 Å². The molecule has 0 aliphatic heterocycles. The zero-order valence-corrected chi connectivity index (χ0v) is 30.2. The summed E-state index contributed by atoms with van der Waals surface area (Å²) < 4.78 is 2.58. The van der Waals surface area contributed by atoms with E-state index in [4.69, 9.17) is 5.11 Å². The Kier molecular flexibility index (Phi) is 24.9. The SMILES string of the molecule is CC(=O)[C@H](CCCCNC(=O)CNC(=O)[C@H](CO)NC(=O)[C@H](CO)NC(=O)CNC(=O)[C@H](CO)NC(=O)[C@H](CO)NC(=O)CNC(=O)[C@@H](C)CO)NS. The minimum Gasteiger partial charge on any atom is -0.396 e. The number of nitrogens with one attached hydrogen (secondary N) is 9. The molecule has 0 aromatic rings. The molecule has 24 heteroatoms. The topological polar surface area (TPSA) is 363 Å². The summed E-state index contributed by atoms with van der Waals surface area (Å²) in [6.07, 6.45) is 1.65. The summed E-state index contributed by atoms with van der Waals surface area (Å²) in [4.78, 5) is 110. The van der Waals surface area contributed by atoms with E-state index in [-0.39, 0.29) is 12.3 Å². The second kappa shape index (κ2) is 27.2. The smallest absolute Gasteiger partial charge is 0.245 e. The highest BCUT2D eigenvalue weighted by Crippen LogP contribution is 2.02. The van der Waals surface area contributed by atoms with Gasteiger partial charge >= 0.3 is 0 Å². The van der Waals surface area contributed by atoms with Crippen LogP contribution in [0.1, 0.15) is 33.1 Å². The Morgan fingerprint density at radius 2 is 0.887 bits per heavy atom. The van der Waals surface area contributed by atoms with Crippen LogP contribution in [-0.4, -0.2) is 168 Å². The molecule has 0 aliphatic carbocycles. The van der Waals surface area contributed by atoms with Gasteiger partial charge in [0, 0.05) is 6.54 Å². The van der Waals surface area contributed by atoms with Crippen LogP contribution in [0.3, 0.4) is 0 Å². The lowest BCUT2D eigenvalue weighted by Gasteiger charge is -2.22. The van der Waals surface area contributed by atoms with E-state index in [0.717, 1.165) is 0 Å². The predicted molar refractivity (Wildman–Crippen MR) is 185 cm³/mol. The highest BCUT2D eigenvalue weighted by atomic mass is 32.1. The van der Waals surface area contributed by atoms with Gasteiger partial charge in [-0.3, -0.25) is 47.9 Å². The van der Waals surface area contributed by atoms with E-state index in [0.29, 0.717) is 19.3 Å². The molecule has 0 fully saturated rings. The fourth-order valence-electron chi connectivity index (χ4n) is 3.94. The van der Waals surface area contributed by atoms with Gasteiger partial charge in [-0.15, -0.1) is 0 Å². The van der Waals surface area contributed by atoms with Crippen LogP contribution in [0.15, 0.2) is 0 Å². The van der Waals surface area contributed by atoms with Gasteiger partial charge in [0.25, 0.3) is 0 Å². The van der Waals surface area contributed by atoms with Crippen molar-refractivity contribution in [2.45, 2.75) is 63.3 Å². The Bertz CT molecular complexity index is 1260. The summed E-state index contributed by atoms with van der Waals surface area (Å²) in [5.41, 5.74) is 0. The van der Waals surface area contributed by atoms with Crippen molar-refractivity contribution in [2.24, 2.45) is 5.92 Å². The van der Waals surface area contributed by atoms with Crippen molar-refractivity contribution in [3.8, 4) is 0 Å². The van der Waals surface area contributed by atoms with Gasteiger partial charge in [-0.25, -0.2) is 0 Å². The second-order valence-electron chi connectivity index (χ2n) is 11.5. The third-order valence-corrected chi connectivity index (χ3v) is 7.49. The fraction of sp³-hybridized carbons (Fsp3) is 0.690. The molecule has 0 rings (SSSR count). The fourth-order valence-corrected chi connectivity index (χ4v) is 4.25. The lowest BCUT2D eigenvalue weighted by molar-refractivity contribution is -0.135. The van der Waals surface area contributed by atoms with Crippen LogP contribution in [0.5, 0.6) is 0 Å². The first-order valence-electron chi connectivity index (χ1n) is 16.3. The van der Waals surface area contributed by atoms with E-state index in [1.54, 1.807) is 0 Å². The Morgan fingerprint density at radius 3 is 1.26 bits per heavy atom. The molecule has 0 heterocycles. The number of amides is 8. The largest absolute Gasteiger partial charge is 0.396 e. The van der Waals surface area contributed by atoms with Crippen molar-refractivity contribution in [2.75, 3.05) is 59.2 Å². The van der Waals surface area contributed by atoms with Crippen LogP contribution in [0.2, 0.25) is 0 Å². The maximum atomic E-state index is 12.6. The lowest BCUT2D eigenvalue weighted by atomic mass is 10.1. The van der Waals surface area contributed by atoms with Crippen molar-refractivity contribution in [1.29, 1.82) is 0 Å². The minimum atomic E-state index is -1.68.